The van der Waals surface area contributed by atoms with E-state index < -0.39 is 12.2 Å². The summed E-state index contributed by atoms with van der Waals surface area (Å²) in [6.45, 7) is 12.9. The highest BCUT2D eigenvalue weighted by Crippen LogP contribution is 2.62. The van der Waals surface area contributed by atoms with Crippen molar-refractivity contribution in [1.82, 2.24) is 0 Å². The van der Waals surface area contributed by atoms with E-state index in [0.717, 1.165) is 36.3 Å². The van der Waals surface area contributed by atoms with Crippen molar-refractivity contribution in [2.75, 3.05) is 0 Å². The Bertz CT molecular complexity index is 484. The van der Waals surface area contributed by atoms with E-state index in [2.05, 4.69) is 39.5 Å². The van der Waals surface area contributed by atoms with Crippen LogP contribution in [-0.4, -0.2) is 22.4 Å². The number of hydrogen-bond donors (Lipinski definition) is 2. The molecule has 0 aromatic carbocycles. The molecule has 2 aliphatic carbocycles. The largest absolute Gasteiger partial charge is 0.389 e. The number of hydrogen-bond acceptors (Lipinski definition) is 2. The molecular formula is C20H32O2. The van der Waals surface area contributed by atoms with Gasteiger partial charge in [0.2, 0.25) is 0 Å². The van der Waals surface area contributed by atoms with Crippen molar-refractivity contribution in [3.05, 3.63) is 35.5 Å². The van der Waals surface area contributed by atoms with Crippen LogP contribution in [0.1, 0.15) is 59.8 Å². The Morgan fingerprint density at radius 3 is 2.45 bits per heavy atom. The highest BCUT2D eigenvalue weighted by atomic mass is 16.3. The lowest BCUT2D eigenvalue weighted by Crippen LogP contribution is -2.20. The van der Waals surface area contributed by atoms with E-state index in [-0.39, 0.29) is 0 Å². The number of aliphatic hydroxyl groups is 2. The van der Waals surface area contributed by atoms with Gasteiger partial charge in [-0.05, 0) is 67.9 Å². The predicted molar refractivity (Wildman–Crippen MR) is 92.5 cm³/mol. The fourth-order valence-electron chi connectivity index (χ4n) is 3.84. The summed E-state index contributed by atoms with van der Waals surface area (Å²) in [4.78, 5) is 0. The molecule has 4 atom stereocenters. The third-order valence-electron chi connectivity index (χ3n) is 5.93. The van der Waals surface area contributed by atoms with Crippen LogP contribution in [0.2, 0.25) is 0 Å². The first-order valence-corrected chi connectivity index (χ1v) is 8.59. The Hall–Kier alpha value is -0.860. The molecule has 0 unspecified atom stereocenters. The topological polar surface area (TPSA) is 40.5 Å². The third kappa shape index (κ3) is 3.91. The van der Waals surface area contributed by atoms with Crippen molar-refractivity contribution >= 4 is 0 Å². The summed E-state index contributed by atoms with van der Waals surface area (Å²) in [6.07, 6.45) is 7.60. The molecule has 2 nitrogen and oxygen atoms in total. The molecule has 0 spiro atoms. The summed E-state index contributed by atoms with van der Waals surface area (Å²) in [7, 11) is 0. The van der Waals surface area contributed by atoms with E-state index in [1.165, 1.54) is 12.0 Å². The summed E-state index contributed by atoms with van der Waals surface area (Å²) in [5.41, 5.74) is 3.68. The summed E-state index contributed by atoms with van der Waals surface area (Å²) >= 11 is 0. The van der Waals surface area contributed by atoms with Crippen molar-refractivity contribution in [1.29, 1.82) is 0 Å². The molecule has 22 heavy (non-hydrogen) atoms. The van der Waals surface area contributed by atoms with Crippen molar-refractivity contribution < 1.29 is 10.2 Å². The molecule has 0 radical (unpaired) electrons. The molecule has 0 saturated heterocycles. The van der Waals surface area contributed by atoms with Crippen LogP contribution in [0, 0.1) is 17.3 Å². The maximum Gasteiger partial charge on any atom is 0.0775 e. The monoisotopic (exact) mass is 304 g/mol. The minimum atomic E-state index is -0.611. The number of fused-ring (bicyclic) bond motifs is 1. The van der Waals surface area contributed by atoms with Crippen LogP contribution in [0.5, 0.6) is 0 Å². The van der Waals surface area contributed by atoms with Gasteiger partial charge in [-0.2, -0.15) is 0 Å². The Morgan fingerprint density at radius 2 is 1.77 bits per heavy atom. The van der Waals surface area contributed by atoms with Gasteiger partial charge in [-0.3, -0.25) is 0 Å². The quantitative estimate of drug-likeness (QED) is 0.651. The molecule has 2 heteroatoms. The number of aliphatic hydroxyl groups excluding tert-OH is 2. The van der Waals surface area contributed by atoms with Gasteiger partial charge in [0.1, 0.15) is 0 Å². The fourth-order valence-corrected chi connectivity index (χ4v) is 3.84. The lowest BCUT2D eigenvalue weighted by atomic mass is 9.95. The number of rotatable bonds is 0. The average Bonchev–Trinajstić information content (AvgIpc) is 2.94. The summed E-state index contributed by atoms with van der Waals surface area (Å²) in [5.74, 6) is 1.46. The molecule has 0 amide bonds. The molecule has 0 aromatic heterocycles. The molecule has 2 aliphatic rings. The van der Waals surface area contributed by atoms with E-state index in [1.807, 2.05) is 6.92 Å². The summed E-state index contributed by atoms with van der Waals surface area (Å²) in [5, 5.41) is 20.4. The molecule has 0 aliphatic heterocycles. The van der Waals surface area contributed by atoms with E-state index >= 15 is 0 Å². The molecule has 2 N–H and O–H groups in total. The smallest absolute Gasteiger partial charge is 0.0775 e. The van der Waals surface area contributed by atoms with Crippen LogP contribution in [0.4, 0.5) is 0 Å². The van der Waals surface area contributed by atoms with Gasteiger partial charge in [0, 0.05) is 6.42 Å². The Morgan fingerprint density at radius 1 is 1.09 bits per heavy atom. The van der Waals surface area contributed by atoms with Crippen molar-refractivity contribution in [2.24, 2.45) is 17.3 Å². The van der Waals surface area contributed by atoms with Gasteiger partial charge >= 0.3 is 0 Å². The maximum atomic E-state index is 10.3. The van der Waals surface area contributed by atoms with E-state index in [0.29, 0.717) is 17.8 Å². The molecule has 0 heterocycles. The van der Waals surface area contributed by atoms with Crippen molar-refractivity contribution in [2.45, 2.75) is 72.0 Å². The lowest BCUT2D eigenvalue weighted by molar-refractivity contribution is 0.118. The Labute approximate surface area is 135 Å². The Balaban J connectivity index is 2.15. The minimum absolute atomic E-state index is 0.362. The molecule has 2 rings (SSSR count). The zero-order valence-corrected chi connectivity index (χ0v) is 14.6. The van der Waals surface area contributed by atoms with Crippen LogP contribution < -0.4 is 0 Å². The van der Waals surface area contributed by atoms with Crippen LogP contribution in [0.15, 0.2) is 35.5 Å². The van der Waals surface area contributed by atoms with E-state index in [1.54, 1.807) is 0 Å². The van der Waals surface area contributed by atoms with Crippen LogP contribution >= 0.6 is 0 Å². The SMILES string of the molecule is C=C1CC/C=C(\C)C[C@H]2[C@@H](C/C=C(\C)[C@@H](O)C[C@@H]1O)C2(C)C. The van der Waals surface area contributed by atoms with Gasteiger partial charge in [0.25, 0.3) is 0 Å². The number of allylic oxidation sites excluding steroid dienone is 3. The zero-order valence-electron chi connectivity index (χ0n) is 14.6. The first-order chi connectivity index (χ1) is 10.2. The molecular weight excluding hydrogens is 272 g/mol. The minimum Gasteiger partial charge on any atom is -0.389 e. The lowest BCUT2D eigenvalue weighted by Gasteiger charge is -2.18. The molecule has 0 bridgehead atoms. The molecule has 0 aromatic rings. The van der Waals surface area contributed by atoms with Crippen LogP contribution in [0.3, 0.4) is 0 Å². The van der Waals surface area contributed by atoms with Crippen LogP contribution in [0.25, 0.3) is 0 Å². The van der Waals surface area contributed by atoms with Crippen molar-refractivity contribution in [3.8, 4) is 0 Å². The normalized spacial score (nSPS) is 41.5. The van der Waals surface area contributed by atoms with Gasteiger partial charge in [-0.15, -0.1) is 0 Å². The standard InChI is InChI=1S/C20H32O2/c1-13-7-6-8-14(2)18(21)12-19(22)15(3)9-10-16-17(11-13)20(16,4)5/h7,9,16-19,21-22H,2,6,8,10-12H2,1,3-5H3/b13-7+,15-9+/t16-,17+,18+,19+/m1/s1. The van der Waals surface area contributed by atoms with Gasteiger partial charge in [0.15, 0.2) is 0 Å². The van der Waals surface area contributed by atoms with E-state index in [9.17, 15) is 10.2 Å². The van der Waals surface area contributed by atoms with Crippen LogP contribution in [-0.2, 0) is 0 Å². The van der Waals surface area contributed by atoms with Gasteiger partial charge in [-0.1, -0.05) is 38.2 Å². The first kappa shape index (κ1) is 17.5. The van der Waals surface area contributed by atoms with E-state index in [4.69, 9.17) is 0 Å². The van der Waals surface area contributed by atoms with Crippen molar-refractivity contribution in [3.63, 3.8) is 0 Å². The van der Waals surface area contributed by atoms with Gasteiger partial charge in [0.05, 0.1) is 12.2 Å². The maximum absolute atomic E-state index is 10.3. The highest BCUT2D eigenvalue weighted by Gasteiger charge is 2.55. The summed E-state index contributed by atoms with van der Waals surface area (Å²) in [6, 6.07) is 0. The first-order valence-electron chi connectivity index (χ1n) is 8.59. The summed E-state index contributed by atoms with van der Waals surface area (Å²) < 4.78 is 0. The highest BCUT2D eigenvalue weighted by molar-refractivity contribution is 5.17. The third-order valence-corrected chi connectivity index (χ3v) is 5.93. The second kappa shape index (κ2) is 6.72. The van der Waals surface area contributed by atoms with Gasteiger partial charge in [-0.25, -0.2) is 0 Å². The second-order valence-electron chi connectivity index (χ2n) is 7.94. The Kier molecular flexibility index (Phi) is 5.34. The van der Waals surface area contributed by atoms with Gasteiger partial charge < -0.3 is 10.2 Å². The predicted octanol–water partition coefficient (Wildman–Crippen LogP) is 4.39. The molecule has 124 valence electrons. The molecule has 1 saturated carbocycles. The average molecular weight is 304 g/mol. The second-order valence-corrected chi connectivity index (χ2v) is 7.94. The zero-order chi connectivity index (χ0) is 16.5. The molecule has 1 fully saturated rings. The fraction of sp³-hybridized carbons (Fsp3) is 0.700.